The number of allylic oxidation sites excluding steroid dienone is 6. The van der Waals surface area contributed by atoms with E-state index in [1.807, 2.05) is 19.3 Å². The molecule has 3 aromatic rings. The molecule has 2 aromatic carbocycles. The predicted molar refractivity (Wildman–Crippen MR) is 174 cm³/mol. The van der Waals surface area contributed by atoms with Gasteiger partial charge in [-0.05, 0) is 115 Å². The molecule has 0 aliphatic carbocycles. The van der Waals surface area contributed by atoms with Gasteiger partial charge in [-0.2, -0.15) is 0 Å². The van der Waals surface area contributed by atoms with Crippen molar-refractivity contribution in [2.75, 3.05) is 13.2 Å². The molecular weight excluding hydrogens is 602 g/mol. The fourth-order valence-electron chi connectivity index (χ4n) is 4.68. The van der Waals surface area contributed by atoms with Gasteiger partial charge in [0.15, 0.2) is 34.9 Å². The zero-order chi connectivity index (χ0) is 30.6. The summed E-state index contributed by atoms with van der Waals surface area (Å²) in [5.41, 5.74) is 7.25. The van der Waals surface area contributed by atoms with Crippen molar-refractivity contribution in [2.24, 2.45) is 7.05 Å². The SMILES string of the molecule is CC(C)=CCC/C(C)=C/COc1cc2cc[n+](C)c(Cc3ccc(O)c(O)c3)c2cc1OC/C=C(\C)CCC=C(C)C.[Br-]. The van der Waals surface area contributed by atoms with E-state index in [1.54, 1.807) is 6.07 Å². The molecule has 0 spiro atoms. The van der Waals surface area contributed by atoms with Gasteiger partial charge in [-0.3, -0.25) is 0 Å². The first kappa shape index (κ1) is 35.7. The predicted octanol–water partition coefficient (Wildman–Crippen LogP) is 5.81. The zero-order valence-corrected chi connectivity index (χ0v) is 28.4. The lowest BCUT2D eigenvalue weighted by atomic mass is 10.0. The highest BCUT2D eigenvalue weighted by molar-refractivity contribution is 5.87. The van der Waals surface area contributed by atoms with E-state index >= 15 is 0 Å². The number of aryl methyl sites for hydroxylation is 1. The molecule has 0 radical (unpaired) electrons. The molecule has 43 heavy (non-hydrogen) atoms. The van der Waals surface area contributed by atoms with Gasteiger partial charge in [0.2, 0.25) is 0 Å². The third kappa shape index (κ3) is 11.6. The monoisotopic (exact) mass is 649 g/mol. The lowest BCUT2D eigenvalue weighted by Gasteiger charge is -2.14. The second-order valence-electron chi connectivity index (χ2n) is 11.6. The summed E-state index contributed by atoms with van der Waals surface area (Å²) in [6, 6.07) is 11.2. The molecule has 0 saturated heterocycles. The first-order valence-electron chi connectivity index (χ1n) is 14.8. The Kier molecular flexibility index (Phi) is 14.6. The standard InChI is InChI=1S/C37H47NO4.BrH/c1-26(2)10-8-12-28(5)17-20-41-36-24-31-16-19-38(7)33(22-30-14-15-34(39)35(40)23-30)32(31)25-37(36)42-21-18-29(6)13-9-11-27(3)4;/h10-11,14-19,23-25H,8-9,12-13,20-22H2,1-7H3,(H-,39,40);1H/b28-17+,29-18+;. The maximum atomic E-state index is 10.0. The van der Waals surface area contributed by atoms with Crippen LogP contribution in [0.2, 0.25) is 0 Å². The molecule has 1 heterocycles. The van der Waals surface area contributed by atoms with Crippen LogP contribution in [0.4, 0.5) is 0 Å². The Hall–Kier alpha value is -3.51. The number of fused-ring (bicyclic) bond motifs is 1. The highest BCUT2D eigenvalue weighted by Gasteiger charge is 2.18. The molecule has 0 saturated carbocycles. The van der Waals surface area contributed by atoms with Crippen molar-refractivity contribution in [3.05, 3.63) is 100 Å². The van der Waals surface area contributed by atoms with Crippen molar-refractivity contribution in [2.45, 2.75) is 73.6 Å². The quantitative estimate of drug-likeness (QED) is 0.131. The lowest BCUT2D eigenvalue weighted by Crippen LogP contribution is -3.00. The van der Waals surface area contributed by atoms with Crippen LogP contribution in [-0.2, 0) is 13.5 Å². The van der Waals surface area contributed by atoms with E-state index in [9.17, 15) is 10.2 Å². The molecule has 3 rings (SSSR count). The van der Waals surface area contributed by atoms with Gasteiger partial charge >= 0.3 is 0 Å². The van der Waals surface area contributed by atoms with Gasteiger partial charge in [-0.25, -0.2) is 4.57 Å². The summed E-state index contributed by atoms with van der Waals surface area (Å²) in [7, 11) is 2.02. The summed E-state index contributed by atoms with van der Waals surface area (Å²) < 4.78 is 14.7. The van der Waals surface area contributed by atoms with Gasteiger partial charge in [0.1, 0.15) is 20.3 Å². The molecule has 1 aromatic heterocycles. The number of nitrogens with zero attached hydrogens (tertiary/aromatic N) is 1. The topological polar surface area (TPSA) is 62.8 Å². The number of phenols is 2. The Morgan fingerprint density at radius 3 is 1.81 bits per heavy atom. The van der Waals surface area contributed by atoms with E-state index in [2.05, 4.69) is 88.6 Å². The number of pyridine rings is 1. The number of hydrogen-bond donors (Lipinski definition) is 2. The van der Waals surface area contributed by atoms with Crippen molar-refractivity contribution >= 4 is 10.8 Å². The van der Waals surface area contributed by atoms with E-state index in [0.29, 0.717) is 31.1 Å². The summed E-state index contributed by atoms with van der Waals surface area (Å²) in [4.78, 5) is 0. The van der Waals surface area contributed by atoms with Crippen molar-refractivity contribution in [3.63, 3.8) is 0 Å². The molecule has 0 fully saturated rings. The van der Waals surface area contributed by atoms with Gasteiger partial charge in [0, 0.05) is 6.07 Å². The zero-order valence-electron chi connectivity index (χ0n) is 26.8. The summed E-state index contributed by atoms with van der Waals surface area (Å²) in [6.45, 7) is 13.7. The van der Waals surface area contributed by atoms with Crippen LogP contribution in [-0.4, -0.2) is 23.4 Å². The van der Waals surface area contributed by atoms with Gasteiger partial charge < -0.3 is 36.7 Å². The molecule has 2 N–H and O–H groups in total. The minimum absolute atomic E-state index is 0. The third-order valence-electron chi connectivity index (χ3n) is 7.27. The Labute approximate surface area is 268 Å². The van der Waals surface area contributed by atoms with E-state index in [1.165, 1.54) is 28.4 Å². The second-order valence-corrected chi connectivity index (χ2v) is 11.6. The maximum Gasteiger partial charge on any atom is 0.193 e. The van der Waals surface area contributed by atoms with Crippen molar-refractivity contribution in [3.8, 4) is 23.0 Å². The molecule has 0 aliphatic heterocycles. The first-order valence-corrected chi connectivity index (χ1v) is 14.8. The van der Waals surface area contributed by atoms with Crippen molar-refractivity contribution in [1.82, 2.24) is 0 Å². The van der Waals surface area contributed by atoms with Gasteiger partial charge in [-0.15, -0.1) is 0 Å². The van der Waals surface area contributed by atoms with Crippen molar-refractivity contribution < 1.29 is 41.2 Å². The highest BCUT2D eigenvalue weighted by atomic mass is 79.9. The summed E-state index contributed by atoms with van der Waals surface area (Å²) in [5.74, 6) is 1.18. The van der Waals surface area contributed by atoms with E-state index in [0.717, 1.165) is 47.7 Å². The van der Waals surface area contributed by atoms with Crippen LogP contribution in [0.5, 0.6) is 23.0 Å². The summed E-state index contributed by atoms with van der Waals surface area (Å²) in [5, 5.41) is 21.9. The van der Waals surface area contributed by atoms with Gasteiger partial charge in [-0.1, -0.05) is 40.5 Å². The van der Waals surface area contributed by atoms with Crippen molar-refractivity contribution in [1.29, 1.82) is 0 Å². The summed E-state index contributed by atoms with van der Waals surface area (Å²) in [6.07, 6.45) is 15.5. The number of halogens is 1. The highest BCUT2D eigenvalue weighted by Crippen LogP contribution is 2.35. The molecule has 0 unspecified atom stereocenters. The number of aromatic hydroxyl groups is 2. The molecular formula is C37H48BrNO4. The van der Waals surface area contributed by atoms with Crippen LogP contribution < -0.4 is 31.0 Å². The van der Waals surface area contributed by atoms with E-state index in [-0.39, 0.29) is 28.5 Å². The van der Waals surface area contributed by atoms with Gasteiger partial charge in [0.05, 0.1) is 11.8 Å². The molecule has 0 atom stereocenters. The number of benzene rings is 2. The second kappa shape index (κ2) is 17.6. The molecule has 0 aliphatic rings. The minimum Gasteiger partial charge on any atom is -1.00 e. The average molecular weight is 651 g/mol. The Morgan fingerprint density at radius 1 is 0.721 bits per heavy atom. The van der Waals surface area contributed by atoms with E-state index in [4.69, 9.17) is 9.47 Å². The largest absolute Gasteiger partial charge is 1.00 e. The minimum atomic E-state index is -0.121. The number of phenolic OH excluding ortho intramolecular Hbond substituents is 2. The Morgan fingerprint density at radius 2 is 1.28 bits per heavy atom. The van der Waals surface area contributed by atoms with E-state index < -0.39 is 0 Å². The normalized spacial score (nSPS) is 11.6. The number of hydrogen-bond acceptors (Lipinski definition) is 4. The average Bonchev–Trinajstić information content (AvgIpc) is 2.92. The lowest BCUT2D eigenvalue weighted by molar-refractivity contribution is -0.677. The number of ether oxygens (including phenoxy) is 2. The van der Waals surface area contributed by atoms with Gasteiger partial charge in [0.25, 0.3) is 0 Å². The molecule has 6 heteroatoms. The van der Waals surface area contributed by atoms with Crippen LogP contribution in [0.3, 0.4) is 0 Å². The molecule has 232 valence electrons. The maximum absolute atomic E-state index is 10.0. The fraction of sp³-hybridized carbons (Fsp3) is 0.378. The third-order valence-corrected chi connectivity index (χ3v) is 7.27. The molecule has 0 amide bonds. The Balaban J connectivity index is 0.00000645. The fourth-order valence-corrected chi connectivity index (χ4v) is 4.68. The molecule has 0 bridgehead atoms. The molecule has 5 nitrogen and oxygen atoms in total. The van der Waals surface area contributed by atoms with Crippen LogP contribution in [0.25, 0.3) is 10.8 Å². The van der Waals surface area contributed by atoms with Crippen LogP contribution >= 0.6 is 0 Å². The Bertz CT molecular complexity index is 1490. The summed E-state index contributed by atoms with van der Waals surface area (Å²) >= 11 is 0. The first-order chi connectivity index (χ1) is 20.0. The number of rotatable bonds is 14. The van der Waals surface area contributed by atoms with Crippen LogP contribution in [0.1, 0.15) is 78.5 Å². The van der Waals surface area contributed by atoms with Crippen LogP contribution in [0.15, 0.2) is 89.2 Å². The number of aromatic nitrogens is 1. The smallest absolute Gasteiger partial charge is 0.193 e. The van der Waals surface area contributed by atoms with Crippen LogP contribution in [0, 0.1) is 0 Å².